The summed E-state index contributed by atoms with van der Waals surface area (Å²) in [5.74, 6) is -0.637. The molecule has 1 N–H and O–H groups in total. The lowest BCUT2D eigenvalue weighted by Crippen LogP contribution is -2.07. The first-order valence-electron chi connectivity index (χ1n) is 8.84. The van der Waals surface area contributed by atoms with Crippen LogP contribution in [-0.2, 0) is 11.4 Å². The fourth-order valence-electron chi connectivity index (χ4n) is 3.09. The molecule has 0 saturated carbocycles. The molecule has 1 atom stereocenters. The minimum atomic E-state index is -0.830. The van der Waals surface area contributed by atoms with Crippen molar-refractivity contribution in [2.24, 2.45) is 0 Å². The summed E-state index contributed by atoms with van der Waals surface area (Å²) in [6, 6.07) is 23.6. The van der Waals surface area contributed by atoms with Gasteiger partial charge in [-0.1, -0.05) is 48.5 Å². The molecule has 4 nitrogen and oxygen atoms in total. The molecule has 0 spiro atoms. The highest BCUT2D eigenvalue weighted by Crippen LogP contribution is 2.26. The number of ether oxygens (including phenoxy) is 1. The maximum Gasteiger partial charge on any atom is 0.310 e. The molecule has 0 fully saturated rings. The van der Waals surface area contributed by atoms with Crippen molar-refractivity contribution in [3.63, 3.8) is 0 Å². The fourth-order valence-corrected chi connectivity index (χ4v) is 3.09. The molecule has 1 heterocycles. The van der Waals surface area contributed by atoms with E-state index in [1.54, 1.807) is 6.92 Å². The highest BCUT2D eigenvalue weighted by Gasteiger charge is 2.13. The first kappa shape index (κ1) is 17.0. The van der Waals surface area contributed by atoms with E-state index in [4.69, 9.17) is 4.74 Å². The van der Waals surface area contributed by atoms with E-state index in [9.17, 15) is 9.90 Å². The summed E-state index contributed by atoms with van der Waals surface area (Å²) in [5.41, 5.74) is 2.59. The van der Waals surface area contributed by atoms with Gasteiger partial charge in [-0.2, -0.15) is 0 Å². The Hall–Kier alpha value is -3.40. The minimum absolute atomic E-state index is 0.377. The molecule has 0 unspecified atom stereocenters. The van der Waals surface area contributed by atoms with Gasteiger partial charge in [0.05, 0.1) is 17.1 Å². The first-order chi connectivity index (χ1) is 13.1. The lowest BCUT2D eigenvalue weighted by atomic mass is 9.98. The molecule has 0 bridgehead atoms. The van der Waals surface area contributed by atoms with Gasteiger partial charge < -0.3 is 9.84 Å². The minimum Gasteiger partial charge on any atom is -0.487 e. The van der Waals surface area contributed by atoms with E-state index in [-0.39, 0.29) is 0 Å². The van der Waals surface area contributed by atoms with Gasteiger partial charge in [-0.3, -0.25) is 4.79 Å². The molecule has 0 saturated heterocycles. The second kappa shape index (κ2) is 7.08. The fraction of sp³-hybridized carbons (Fsp3) is 0.130. The van der Waals surface area contributed by atoms with Gasteiger partial charge in [0.2, 0.25) is 0 Å². The van der Waals surface area contributed by atoms with E-state index in [1.165, 1.54) is 0 Å². The molecular formula is C23H19NO3. The standard InChI is InChI=1S/C23H19NO3/c1-15(23(25)26)18-7-6-16-9-11-21(13-19(16)12-18)27-14-20-10-8-17-4-2-3-5-22(17)24-20/h2-13,15H,14H2,1H3,(H,25,26)/t15-/m0/s1. The number of carboxylic acid groups (broad SMARTS) is 1. The van der Waals surface area contributed by atoms with Crippen LogP contribution in [-0.4, -0.2) is 16.1 Å². The predicted octanol–water partition coefficient (Wildman–Crippen LogP) is 5.16. The number of hydrogen-bond donors (Lipinski definition) is 1. The molecule has 4 aromatic rings. The van der Waals surface area contributed by atoms with Crippen molar-refractivity contribution in [2.75, 3.05) is 0 Å². The molecule has 4 heteroatoms. The molecule has 0 aliphatic rings. The molecule has 3 aromatic carbocycles. The Labute approximate surface area is 157 Å². The number of nitrogens with zero attached hydrogens (tertiary/aromatic N) is 1. The quantitative estimate of drug-likeness (QED) is 0.536. The molecule has 134 valence electrons. The van der Waals surface area contributed by atoms with E-state index in [2.05, 4.69) is 4.98 Å². The number of carboxylic acids is 1. The average molecular weight is 357 g/mol. The number of aliphatic carboxylic acids is 1. The monoisotopic (exact) mass is 357 g/mol. The van der Waals surface area contributed by atoms with Crippen LogP contribution in [0.3, 0.4) is 0 Å². The summed E-state index contributed by atoms with van der Waals surface area (Å²) in [6.07, 6.45) is 0. The third-order valence-electron chi connectivity index (χ3n) is 4.75. The zero-order chi connectivity index (χ0) is 18.8. The summed E-state index contributed by atoms with van der Waals surface area (Å²) in [6.45, 7) is 2.07. The van der Waals surface area contributed by atoms with Crippen molar-refractivity contribution >= 4 is 27.6 Å². The van der Waals surface area contributed by atoms with Gasteiger partial charge in [-0.15, -0.1) is 0 Å². The topological polar surface area (TPSA) is 59.4 Å². The maximum atomic E-state index is 11.2. The van der Waals surface area contributed by atoms with E-state index < -0.39 is 11.9 Å². The summed E-state index contributed by atoms with van der Waals surface area (Å²) in [5, 5.41) is 12.3. The number of pyridine rings is 1. The number of para-hydroxylation sites is 1. The van der Waals surface area contributed by atoms with Crippen LogP contribution >= 0.6 is 0 Å². The highest BCUT2D eigenvalue weighted by atomic mass is 16.5. The average Bonchev–Trinajstić information content (AvgIpc) is 2.70. The second-order valence-corrected chi connectivity index (χ2v) is 6.61. The second-order valence-electron chi connectivity index (χ2n) is 6.61. The zero-order valence-corrected chi connectivity index (χ0v) is 14.9. The van der Waals surface area contributed by atoms with Crippen LogP contribution in [0, 0.1) is 0 Å². The Morgan fingerprint density at radius 3 is 2.59 bits per heavy atom. The smallest absolute Gasteiger partial charge is 0.310 e. The third-order valence-corrected chi connectivity index (χ3v) is 4.75. The number of rotatable bonds is 5. The summed E-state index contributed by atoms with van der Waals surface area (Å²) < 4.78 is 5.92. The number of aromatic nitrogens is 1. The van der Waals surface area contributed by atoms with Crippen LogP contribution in [0.4, 0.5) is 0 Å². The largest absolute Gasteiger partial charge is 0.487 e. The van der Waals surface area contributed by atoms with Crippen LogP contribution in [0.25, 0.3) is 21.7 Å². The van der Waals surface area contributed by atoms with Crippen LogP contribution in [0.1, 0.15) is 24.1 Å². The van der Waals surface area contributed by atoms with E-state index in [0.717, 1.165) is 38.7 Å². The molecule has 27 heavy (non-hydrogen) atoms. The zero-order valence-electron chi connectivity index (χ0n) is 14.9. The van der Waals surface area contributed by atoms with Crippen molar-refractivity contribution in [3.8, 4) is 5.75 Å². The molecule has 0 amide bonds. The van der Waals surface area contributed by atoms with Crippen molar-refractivity contribution in [2.45, 2.75) is 19.4 Å². The van der Waals surface area contributed by atoms with Gasteiger partial charge in [-0.25, -0.2) is 4.98 Å². The lowest BCUT2D eigenvalue weighted by Gasteiger charge is -2.10. The predicted molar refractivity (Wildman–Crippen MR) is 106 cm³/mol. The molecule has 0 radical (unpaired) electrons. The van der Waals surface area contributed by atoms with Crippen LogP contribution in [0.5, 0.6) is 5.75 Å². The van der Waals surface area contributed by atoms with Crippen LogP contribution in [0.2, 0.25) is 0 Å². The molecule has 0 aliphatic carbocycles. The number of fused-ring (bicyclic) bond motifs is 2. The number of benzene rings is 3. The Morgan fingerprint density at radius 1 is 0.963 bits per heavy atom. The number of carbonyl (C=O) groups is 1. The summed E-state index contributed by atoms with van der Waals surface area (Å²) >= 11 is 0. The Bertz CT molecular complexity index is 1140. The molecular weight excluding hydrogens is 338 g/mol. The van der Waals surface area contributed by atoms with Gasteiger partial charge in [0.1, 0.15) is 12.4 Å². The normalized spacial score (nSPS) is 12.2. The number of hydrogen-bond acceptors (Lipinski definition) is 3. The third kappa shape index (κ3) is 3.60. The van der Waals surface area contributed by atoms with Crippen molar-refractivity contribution in [3.05, 3.63) is 84.1 Å². The Balaban J connectivity index is 1.56. The van der Waals surface area contributed by atoms with E-state index >= 15 is 0 Å². The van der Waals surface area contributed by atoms with Gasteiger partial charge in [0.25, 0.3) is 0 Å². The van der Waals surface area contributed by atoms with E-state index in [1.807, 2.05) is 72.8 Å². The highest BCUT2D eigenvalue weighted by molar-refractivity contribution is 5.86. The molecule has 1 aromatic heterocycles. The summed E-state index contributed by atoms with van der Waals surface area (Å²) in [4.78, 5) is 15.8. The SMILES string of the molecule is C[C@H](C(=O)O)c1ccc2ccc(OCc3ccc4ccccc4n3)cc2c1. The molecule has 0 aliphatic heterocycles. The van der Waals surface area contributed by atoms with Gasteiger partial charge in [-0.05, 0) is 47.5 Å². The Morgan fingerprint density at radius 2 is 1.74 bits per heavy atom. The van der Waals surface area contributed by atoms with Crippen molar-refractivity contribution < 1.29 is 14.6 Å². The van der Waals surface area contributed by atoms with Gasteiger partial charge >= 0.3 is 5.97 Å². The molecule has 4 rings (SSSR count). The van der Waals surface area contributed by atoms with Gasteiger partial charge in [0, 0.05) is 5.39 Å². The maximum absolute atomic E-state index is 11.2. The van der Waals surface area contributed by atoms with Gasteiger partial charge in [0.15, 0.2) is 0 Å². The van der Waals surface area contributed by atoms with Crippen molar-refractivity contribution in [1.29, 1.82) is 0 Å². The first-order valence-corrected chi connectivity index (χ1v) is 8.84. The lowest BCUT2D eigenvalue weighted by molar-refractivity contribution is -0.138. The van der Waals surface area contributed by atoms with E-state index in [0.29, 0.717) is 6.61 Å². The Kier molecular flexibility index (Phi) is 4.47. The van der Waals surface area contributed by atoms with Crippen molar-refractivity contribution in [1.82, 2.24) is 4.98 Å². The summed E-state index contributed by atoms with van der Waals surface area (Å²) in [7, 11) is 0. The van der Waals surface area contributed by atoms with Crippen LogP contribution < -0.4 is 4.74 Å². The van der Waals surface area contributed by atoms with Crippen LogP contribution in [0.15, 0.2) is 72.8 Å².